The molecule has 5 heteroatoms. The molecule has 2 aromatic rings. The summed E-state index contributed by atoms with van der Waals surface area (Å²) < 4.78 is 0. The highest BCUT2D eigenvalue weighted by atomic mass is 32.1. The molecular formula is C22H28N2O2S. The zero-order chi connectivity index (χ0) is 19.3. The van der Waals surface area contributed by atoms with Crippen molar-refractivity contribution in [3.05, 3.63) is 52.7 Å². The van der Waals surface area contributed by atoms with Crippen LogP contribution in [-0.2, 0) is 16.0 Å². The summed E-state index contributed by atoms with van der Waals surface area (Å²) in [5.74, 6) is -0.102. The number of nitrogens with one attached hydrogen (secondary N) is 1. The second-order valence-electron chi connectivity index (χ2n) is 7.40. The zero-order valence-electron chi connectivity index (χ0n) is 16.1. The highest BCUT2D eigenvalue weighted by Gasteiger charge is 2.42. The molecule has 1 aliphatic rings. The summed E-state index contributed by atoms with van der Waals surface area (Å²) in [5.41, 5.74) is -0.150. The minimum absolute atomic E-state index is 0.0467. The number of hydrogen-bond acceptors (Lipinski definition) is 3. The highest BCUT2D eigenvalue weighted by molar-refractivity contribution is 7.10. The van der Waals surface area contributed by atoms with Gasteiger partial charge in [0.15, 0.2) is 0 Å². The Balaban J connectivity index is 1.90. The molecule has 0 spiro atoms. The van der Waals surface area contributed by atoms with Gasteiger partial charge < -0.3 is 5.32 Å². The number of thiophene rings is 1. The number of benzene rings is 1. The van der Waals surface area contributed by atoms with E-state index in [0.717, 1.165) is 36.2 Å². The van der Waals surface area contributed by atoms with E-state index >= 15 is 0 Å². The lowest BCUT2D eigenvalue weighted by molar-refractivity contribution is -0.130. The van der Waals surface area contributed by atoms with E-state index in [4.69, 9.17) is 0 Å². The van der Waals surface area contributed by atoms with Gasteiger partial charge in [-0.3, -0.25) is 14.5 Å². The van der Waals surface area contributed by atoms with Crippen LogP contribution >= 0.6 is 11.3 Å². The lowest BCUT2D eigenvalue weighted by Crippen LogP contribution is -2.60. The maximum atomic E-state index is 13.3. The van der Waals surface area contributed by atoms with Crippen LogP contribution in [0.1, 0.15) is 50.8 Å². The molecule has 1 fully saturated rings. The van der Waals surface area contributed by atoms with E-state index in [-0.39, 0.29) is 17.9 Å². The Kier molecular flexibility index (Phi) is 6.32. The first kappa shape index (κ1) is 19.6. The number of anilines is 1. The maximum absolute atomic E-state index is 13.3. The summed E-state index contributed by atoms with van der Waals surface area (Å²) >= 11 is 1.57. The van der Waals surface area contributed by atoms with Gasteiger partial charge in [-0.25, -0.2) is 0 Å². The van der Waals surface area contributed by atoms with Crippen LogP contribution in [0, 0.1) is 0 Å². The monoisotopic (exact) mass is 384 g/mol. The predicted octanol–water partition coefficient (Wildman–Crippen LogP) is 4.55. The van der Waals surface area contributed by atoms with Crippen LogP contribution in [0.3, 0.4) is 0 Å². The number of amides is 2. The van der Waals surface area contributed by atoms with E-state index in [9.17, 15) is 9.59 Å². The van der Waals surface area contributed by atoms with Crippen LogP contribution in [0.4, 0.5) is 5.69 Å². The molecule has 2 amide bonds. The van der Waals surface area contributed by atoms with E-state index in [1.807, 2.05) is 61.7 Å². The largest absolute Gasteiger partial charge is 0.351 e. The molecule has 1 saturated carbocycles. The van der Waals surface area contributed by atoms with Gasteiger partial charge in [0.25, 0.3) is 0 Å². The molecule has 0 saturated heterocycles. The average Bonchev–Trinajstić information content (AvgIpc) is 3.36. The van der Waals surface area contributed by atoms with Crippen LogP contribution in [-0.4, -0.2) is 23.4 Å². The summed E-state index contributed by atoms with van der Waals surface area (Å²) in [4.78, 5) is 29.3. The molecule has 144 valence electrons. The second kappa shape index (κ2) is 8.70. The van der Waals surface area contributed by atoms with E-state index in [1.165, 1.54) is 0 Å². The molecule has 0 bridgehead atoms. The Morgan fingerprint density at radius 1 is 1.15 bits per heavy atom. The number of carbonyl (C=O) groups is 2. The van der Waals surface area contributed by atoms with Crippen molar-refractivity contribution < 1.29 is 9.59 Å². The molecule has 1 N–H and O–H groups in total. The molecule has 1 aromatic carbocycles. The molecule has 1 atom stereocenters. The average molecular weight is 385 g/mol. The predicted molar refractivity (Wildman–Crippen MR) is 111 cm³/mol. The van der Waals surface area contributed by atoms with E-state index < -0.39 is 5.54 Å². The lowest BCUT2D eigenvalue weighted by atomic mass is 9.92. The van der Waals surface area contributed by atoms with Crippen molar-refractivity contribution in [3.8, 4) is 0 Å². The maximum Gasteiger partial charge on any atom is 0.246 e. The Hall–Kier alpha value is -2.14. The van der Waals surface area contributed by atoms with Gasteiger partial charge in [0, 0.05) is 16.6 Å². The van der Waals surface area contributed by atoms with Crippen LogP contribution in [0.15, 0.2) is 47.8 Å². The molecule has 3 rings (SSSR count). The fourth-order valence-corrected chi connectivity index (χ4v) is 4.45. The van der Waals surface area contributed by atoms with Crippen molar-refractivity contribution in [2.75, 3.05) is 4.90 Å². The van der Waals surface area contributed by atoms with Crippen LogP contribution in [0.5, 0.6) is 0 Å². The Morgan fingerprint density at radius 3 is 2.44 bits per heavy atom. The van der Waals surface area contributed by atoms with E-state index in [0.29, 0.717) is 12.8 Å². The Labute approximate surface area is 165 Å². The van der Waals surface area contributed by atoms with Crippen LogP contribution in [0.25, 0.3) is 0 Å². The Morgan fingerprint density at radius 2 is 1.85 bits per heavy atom. The first-order valence-corrected chi connectivity index (χ1v) is 10.6. The molecule has 1 heterocycles. The van der Waals surface area contributed by atoms with Gasteiger partial charge in [-0.2, -0.15) is 0 Å². The molecular weight excluding hydrogens is 356 g/mol. The fraction of sp³-hybridized carbons (Fsp3) is 0.455. The van der Waals surface area contributed by atoms with Crippen LogP contribution < -0.4 is 10.2 Å². The quantitative estimate of drug-likeness (QED) is 0.761. The molecule has 1 aromatic heterocycles. The third-order valence-electron chi connectivity index (χ3n) is 5.53. The van der Waals surface area contributed by atoms with Gasteiger partial charge in [-0.15, -0.1) is 11.3 Å². The van der Waals surface area contributed by atoms with Crippen molar-refractivity contribution in [1.82, 2.24) is 5.32 Å². The smallest absolute Gasteiger partial charge is 0.246 e. The van der Waals surface area contributed by atoms with Gasteiger partial charge in [0.05, 0.1) is 6.42 Å². The first-order valence-electron chi connectivity index (χ1n) is 9.76. The van der Waals surface area contributed by atoms with Crippen molar-refractivity contribution in [2.45, 2.75) is 64.0 Å². The van der Waals surface area contributed by atoms with Crippen molar-refractivity contribution in [3.63, 3.8) is 0 Å². The summed E-state index contributed by atoms with van der Waals surface area (Å²) in [6, 6.07) is 13.7. The number of para-hydroxylation sites is 1. The summed E-state index contributed by atoms with van der Waals surface area (Å²) in [5, 5.41) is 5.18. The van der Waals surface area contributed by atoms with Gasteiger partial charge in [-0.05, 0) is 49.8 Å². The number of nitrogens with zero attached hydrogens (tertiary/aromatic N) is 1. The summed E-state index contributed by atoms with van der Waals surface area (Å²) in [6.45, 7) is 3.86. The van der Waals surface area contributed by atoms with E-state index in [1.54, 1.807) is 16.2 Å². The minimum atomic E-state index is -0.918. The standard InChI is InChI=1S/C22H28N2O2S/c1-3-22(2,21(26)23-17-10-7-8-11-17)24(18-12-5-4-6-13-18)20(25)16-19-14-9-15-27-19/h4-6,9,12-15,17H,3,7-8,10-11,16H2,1-2H3,(H,23,26)/t22-/m0/s1. The van der Waals surface area contributed by atoms with Gasteiger partial charge in [0.1, 0.15) is 5.54 Å². The summed E-state index contributed by atoms with van der Waals surface area (Å²) in [6.07, 6.45) is 5.23. The van der Waals surface area contributed by atoms with Crippen molar-refractivity contribution in [1.29, 1.82) is 0 Å². The zero-order valence-corrected chi connectivity index (χ0v) is 16.9. The summed E-state index contributed by atoms with van der Waals surface area (Å²) in [7, 11) is 0. The van der Waals surface area contributed by atoms with Crippen molar-refractivity contribution >= 4 is 28.8 Å². The SMILES string of the molecule is CC[C@@](C)(C(=O)NC1CCCC1)N(C(=O)Cc1cccs1)c1ccccc1. The van der Waals surface area contributed by atoms with Crippen LogP contribution in [0.2, 0.25) is 0 Å². The van der Waals surface area contributed by atoms with Gasteiger partial charge in [-0.1, -0.05) is 44.0 Å². The molecule has 4 nitrogen and oxygen atoms in total. The molecule has 0 aliphatic heterocycles. The molecule has 1 aliphatic carbocycles. The highest BCUT2D eigenvalue weighted by Crippen LogP contribution is 2.30. The van der Waals surface area contributed by atoms with Crippen molar-refractivity contribution in [2.24, 2.45) is 0 Å². The number of hydrogen-bond donors (Lipinski definition) is 1. The van der Waals surface area contributed by atoms with Gasteiger partial charge in [0.2, 0.25) is 11.8 Å². The third kappa shape index (κ3) is 4.41. The number of carbonyl (C=O) groups excluding carboxylic acids is 2. The Bertz CT molecular complexity index is 754. The fourth-order valence-electron chi connectivity index (χ4n) is 3.75. The molecule has 27 heavy (non-hydrogen) atoms. The minimum Gasteiger partial charge on any atom is -0.351 e. The second-order valence-corrected chi connectivity index (χ2v) is 8.44. The number of rotatable bonds is 7. The normalized spacial score (nSPS) is 16.7. The van der Waals surface area contributed by atoms with Gasteiger partial charge >= 0.3 is 0 Å². The topological polar surface area (TPSA) is 49.4 Å². The van der Waals surface area contributed by atoms with E-state index in [2.05, 4.69) is 5.32 Å². The molecule has 0 radical (unpaired) electrons. The lowest BCUT2D eigenvalue weighted by Gasteiger charge is -2.40. The first-order chi connectivity index (χ1) is 13.0. The molecule has 0 unspecified atom stereocenters. The third-order valence-corrected chi connectivity index (χ3v) is 6.41.